The van der Waals surface area contributed by atoms with E-state index in [-0.39, 0.29) is 12.7 Å². The van der Waals surface area contributed by atoms with Gasteiger partial charge in [-0.2, -0.15) is 0 Å². The summed E-state index contributed by atoms with van der Waals surface area (Å²) in [4.78, 5) is 0. The first kappa shape index (κ1) is 11.0. The molecule has 0 fully saturated rings. The van der Waals surface area contributed by atoms with E-state index in [2.05, 4.69) is 19.2 Å². The van der Waals surface area contributed by atoms with Crippen LogP contribution in [0.25, 0.3) is 0 Å². The van der Waals surface area contributed by atoms with Crippen molar-refractivity contribution >= 4 is 5.69 Å². The van der Waals surface area contributed by atoms with Crippen molar-refractivity contribution in [1.29, 1.82) is 0 Å². The molecule has 0 saturated carbocycles. The van der Waals surface area contributed by atoms with Crippen molar-refractivity contribution < 1.29 is 4.39 Å². The highest BCUT2D eigenvalue weighted by Crippen LogP contribution is 2.12. The third-order valence-corrected chi connectivity index (χ3v) is 2.09. The van der Waals surface area contributed by atoms with E-state index in [0.29, 0.717) is 5.92 Å². The lowest BCUT2D eigenvalue weighted by Gasteiger charge is -2.18. The summed E-state index contributed by atoms with van der Waals surface area (Å²) in [6.07, 6.45) is 0.866. The van der Waals surface area contributed by atoms with Crippen molar-refractivity contribution in [2.45, 2.75) is 26.3 Å². The first-order chi connectivity index (χ1) is 6.72. The van der Waals surface area contributed by atoms with Gasteiger partial charge in [0.15, 0.2) is 0 Å². The van der Waals surface area contributed by atoms with Crippen molar-refractivity contribution in [2.24, 2.45) is 5.92 Å². The van der Waals surface area contributed by atoms with Crippen LogP contribution in [0.3, 0.4) is 0 Å². The number of alkyl halides is 1. The molecule has 1 N–H and O–H groups in total. The van der Waals surface area contributed by atoms with Crippen molar-refractivity contribution in [3.05, 3.63) is 30.3 Å². The second-order valence-corrected chi connectivity index (χ2v) is 3.99. The standard InChI is InChI=1S/C12H18FN/c1-10(2)8-12(9-13)14-11-6-4-3-5-7-11/h3-7,10,12,14H,8-9H2,1-2H3. The van der Waals surface area contributed by atoms with Gasteiger partial charge in [-0.05, 0) is 24.5 Å². The number of halogens is 1. The minimum Gasteiger partial charge on any atom is -0.380 e. The quantitative estimate of drug-likeness (QED) is 0.758. The second kappa shape index (κ2) is 5.63. The van der Waals surface area contributed by atoms with E-state index in [1.165, 1.54) is 0 Å². The Morgan fingerprint density at radius 1 is 1.21 bits per heavy atom. The third-order valence-electron chi connectivity index (χ3n) is 2.09. The van der Waals surface area contributed by atoms with Crippen LogP contribution < -0.4 is 5.32 Å². The van der Waals surface area contributed by atoms with Crippen LogP contribution in [0, 0.1) is 5.92 Å². The maximum atomic E-state index is 12.6. The van der Waals surface area contributed by atoms with Crippen LogP contribution in [0.1, 0.15) is 20.3 Å². The van der Waals surface area contributed by atoms with Crippen molar-refractivity contribution in [3.63, 3.8) is 0 Å². The lowest BCUT2D eigenvalue weighted by molar-refractivity contribution is 0.398. The zero-order valence-corrected chi connectivity index (χ0v) is 8.83. The predicted octanol–water partition coefficient (Wildman–Crippen LogP) is 3.48. The van der Waals surface area contributed by atoms with Gasteiger partial charge in [0.2, 0.25) is 0 Å². The zero-order chi connectivity index (χ0) is 10.4. The van der Waals surface area contributed by atoms with E-state index in [1.807, 2.05) is 30.3 Å². The van der Waals surface area contributed by atoms with Gasteiger partial charge in [0.05, 0.1) is 6.04 Å². The maximum absolute atomic E-state index is 12.6. The monoisotopic (exact) mass is 195 g/mol. The Morgan fingerprint density at radius 2 is 1.86 bits per heavy atom. The molecule has 0 radical (unpaired) electrons. The number of para-hydroxylation sites is 1. The highest BCUT2D eigenvalue weighted by molar-refractivity contribution is 5.43. The Kier molecular flexibility index (Phi) is 4.44. The minimum absolute atomic E-state index is 0.0580. The molecule has 1 aromatic rings. The van der Waals surface area contributed by atoms with Gasteiger partial charge in [0.1, 0.15) is 6.67 Å². The molecule has 2 heteroatoms. The molecule has 0 aliphatic rings. The SMILES string of the molecule is CC(C)CC(CF)Nc1ccccc1. The summed E-state index contributed by atoms with van der Waals surface area (Å²) in [6.45, 7) is 3.90. The number of anilines is 1. The molecule has 0 aliphatic heterocycles. The summed E-state index contributed by atoms with van der Waals surface area (Å²) >= 11 is 0. The molecule has 0 aliphatic carbocycles. The fraction of sp³-hybridized carbons (Fsp3) is 0.500. The third kappa shape index (κ3) is 3.77. The average molecular weight is 195 g/mol. The molecule has 0 aromatic heterocycles. The van der Waals surface area contributed by atoms with Gasteiger partial charge < -0.3 is 5.32 Å². The lowest BCUT2D eigenvalue weighted by Crippen LogP contribution is -2.23. The first-order valence-corrected chi connectivity index (χ1v) is 5.10. The zero-order valence-electron chi connectivity index (χ0n) is 8.83. The molecule has 78 valence electrons. The van der Waals surface area contributed by atoms with Crippen LogP contribution in [-0.4, -0.2) is 12.7 Å². The Balaban J connectivity index is 2.48. The largest absolute Gasteiger partial charge is 0.380 e. The molecular formula is C12H18FN. The van der Waals surface area contributed by atoms with Crippen LogP contribution in [0.15, 0.2) is 30.3 Å². The van der Waals surface area contributed by atoms with Gasteiger partial charge in [-0.25, -0.2) is 4.39 Å². The van der Waals surface area contributed by atoms with Gasteiger partial charge >= 0.3 is 0 Å². The summed E-state index contributed by atoms with van der Waals surface area (Å²) in [5, 5.41) is 3.18. The molecular weight excluding hydrogens is 177 g/mol. The first-order valence-electron chi connectivity index (χ1n) is 5.10. The summed E-state index contributed by atoms with van der Waals surface area (Å²) in [5.74, 6) is 0.520. The van der Waals surface area contributed by atoms with Crippen LogP contribution in [0.5, 0.6) is 0 Å². The topological polar surface area (TPSA) is 12.0 Å². The predicted molar refractivity (Wildman–Crippen MR) is 59.3 cm³/mol. The average Bonchev–Trinajstić information content (AvgIpc) is 2.17. The summed E-state index contributed by atoms with van der Waals surface area (Å²) in [6, 6.07) is 9.72. The summed E-state index contributed by atoms with van der Waals surface area (Å²) in [7, 11) is 0. The molecule has 14 heavy (non-hydrogen) atoms. The van der Waals surface area contributed by atoms with Crippen molar-refractivity contribution in [1.82, 2.24) is 0 Å². The Labute approximate surface area is 85.3 Å². The van der Waals surface area contributed by atoms with Gasteiger partial charge in [-0.1, -0.05) is 32.0 Å². The molecule has 1 unspecified atom stereocenters. The van der Waals surface area contributed by atoms with E-state index in [9.17, 15) is 4.39 Å². The fourth-order valence-electron chi connectivity index (χ4n) is 1.50. The van der Waals surface area contributed by atoms with Gasteiger partial charge in [-0.15, -0.1) is 0 Å². The molecule has 0 spiro atoms. The number of rotatable bonds is 5. The number of nitrogens with one attached hydrogen (secondary N) is 1. The summed E-state index contributed by atoms with van der Waals surface area (Å²) in [5.41, 5.74) is 0.996. The van der Waals surface area contributed by atoms with Crippen LogP contribution in [0.2, 0.25) is 0 Å². The Hall–Kier alpha value is -1.05. The molecule has 1 atom stereocenters. The van der Waals surface area contributed by atoms with Crippen molar-refractivity contribution in [3.8, 4) is 0 Å². The molecule has 1 nitrogen and oxygen atoms in total. The van der Waals surface area contributed by atoms with E-state index in [0.717, 1.165) is 12.1 Å². The van der Waals surface area contributed by atoms with E-state index in [4.69, 9.17) is 0 Å². The van der Waals surface area contributed by atoms with Gasteiger partial charge in [0.25, 0.3) is 0 Å². The molecule has 0 amide bonds. The Bertz CT molecular complexity index is 246. The molecule has 0 saturated heterocycles. The van der Waals surface area contributed by atoms with E-state index in [1.54, 1.807) is 0 Å². The van der Waals surface area contributed by atoms with Crippen molar-refractivity contribution in [2.75, 3.05) is 12.0 Å². The van der Waals surface area contributed by atoms with E-state index < -0.39 is 0 Å². The van der Waals surface area contributed by atoms with E-state index >= 15 is 0 Å². The summed E-state index contributed by atoms with van der Waals surface area (Å²) < 4.78 is 12.6. The smallest absolute Gasteiger partial charge is 0.109 e. The number of hydrogen-bond acceptors (Lipinski definition) is 1. The number of benzene rings is 1. The van der Waals surface area contributed by atoms with Crippen LogP contribution in [-0.2, 0) is 0 Å². The number of hydrogen-bond donors (Lipinski definition) is 1. The molecule has 1 aromatic carbocycles. The molecule has 0 bridgehead atoms. The minimum atomic E-state index is -0.312. The highest BCUT2D eigenvalue weighted by atomic mass is 19.1. The second-order valence-electron chi connectivity index (χ2n) is 3.99. The van der Waals surface area contributed by atoms with Crippen LogP contribution >= 0.6 is 0 Å². The highest BCUT2D eigenvalue weighted by Gasteiger charge is 2.09. The fourth-order valence-corrected chi connectivity index (χ4v) is 1.50. The normalized spacial score (nSPS) is 12.9. The van der Waals surface area contributed by atoms with Crippen LogP contribution in [0.4, 0.5) is 10.1 Å². The van der Waals surface area contributed by atoms with Gasteiger partial charge in [-0.3, -0.25) is 0 Å². The lowest BCUT2D eigenvalue weighted by atomic mass is 10.0. The Morgan fingerprint density at radius 3 is 2.36 bits per heavy atom. The van der Waals surface area contributed by atoms with Gasteiger partial charge in [0, 0.05) is 5.69 Å². The maximum Gasteiger partial charge on any atom is 0.109 e. The molecule has 0 heterocycles. The molecule has 1 rings (SSSR count).